The van der Waals surface area contributed by atoms with E-state index in [9.17, 15) is 4.79 Å². The third-order valence-electron chi connectivity index (χ3n) is 4.35. The predicted octanol–water partition coefficient (Wildman–Crippen LogP) is 3.33. The van der Waals surface area contributed by atoms with Crippen LogP contribution in [0.3, 0.4) is 0 Å². The van der Waals surface area contributed by atoms with E-state index in [1.807, 2.05) is 6.07 Å². The number of H-pyrrole nitrogens is 1. The Labute approximate surface area is 131 Å². The number of hydrogen-bond donors (Lipinski definition) is 1. The highest BCUT2D eigenvalue weighted by Gasteiger charge is 2.38. The Kier molecular flexibility index (Phi) is 3.32. The maximum atomic E-state index is 11.6. The summed E-state index contributed by atoms with van der Waals surface area (Å²) in [4.78, 5) is 14.8. The number of hydrogen-bond acceptors (Lipinski definition) is 5. The van der Waals surface area contributed by atoms with Crippen LogP contribution in [0.15, 0.2) is 17.5 Å². The van der Waals surface area contributed by atoms with E-state index in [0.29, 0.717) is 18.9 Å². The second-order valence-corrected chi connectivity index (χ2v) is 6.52. The molecule has 1 fully saturated rings. The van der Waals surface area contributed by atoms with Gasteiger partial charge in [-0.2, -0.15) is 0 Å². The summed E-state index contributed by atoms with van der Waals surface area (Å²) >= 11 is 1.64. The molecular formula is C16H17NO4S. The minimum Gasteiger partial charge on any atom is -0.464 e. The molecule has 116 valence electrons. The highest BCUT2D eigenvalue weighted by Crippen LogP contribution is 2.41. The van der Waals surface area contributed by atoms with Gasteiger partial charge in [-0.25, -0.2) is 4.79 Å². The molecule has 0 unspecified atom stereocenters. The van der Waals surface area contributed by atoms with Crippen LogP contribution in [0.1, 0.15) is 35.3 Å². The zero-order valence-electron chi connectivity index (χ0n) is 12.3. The van der Waals surface area contributed by atoms with E-state index in [1.165, 1.54) is 18.2 Å². The molecule has 0 amide bonds. The molecule has 1 saturated heterocycles. The van der Waals surface area contributed by atoms with Crippen LogP contribution in [-0.4, -0.2) is 37.1 Å². The lowest BCUT2D eigenvalue weighted by molar-refractivity contribution is -0.159. The first-order valence-electron chi connectivity index (χ1n) is 7.37. The SMILES string of the molecule is COC(=O)c1cc2scc(C3=CCC4(CC3)OCCO4)c2[nH]1. The summed E-state index contributed by atoms with van der Waals surface area (Å²) in [6.07, 6.45) is 4.78. The topological polar surface area (TPSA) is 60.6 Å². The van der Waals surface area contributed by atoms with E-state index in [0.717, 1.165) is 29.5 Å². The lowest BCUT2D eigenvalue weighted by Crippen LogP contribution is -2.31. The number of fused-ring (bicyclic) bond motifs is 1. The van der Waals surface area contributed by atoms with E-state index in [-0.39, 0.29) is 5.97 Å². The number of allylic oxidation sites excluding steroid dienone is 1. The molecule has 5 nitrogen and oxygen atoms in total. The summed E-state index contributed by atoms with van der Waals surface area (Å²) in [6.45, 7) is 1.37. The van der Waals surface area contributed by atoms with Crippen LogP contribution in [0.25, 0.3) is 15.8 Å². The van der Waals surface area contributed by atoms with E-state index in [1.54, 1.807) is 11.3 Å². The standard InChI is InChI=1S/C16H17NO4S/c1-19-15(18)12-8-13-14(17-12)11(9-22-13)10-2-4-16(5-3-10)20-6-7-21-16/h2,8-9,17H,3-7H2,1H3. The number of aromatic nitrogens is 1. The van der Waals surface area contributed by atoms with E-state index in [2.05, 4.69) is 16.4 Å². The molecule has 2 aromatic heterocycles. The first-order chi connectivity index (χ1) is 10.7. The fourth-order valence-corrected chi connectivity index (χ4v) is 4.16. The molecule has 1 aliphatic heterocycles. The molecule has 2 aliphatic rings. The van der Waals surface area contributed by atoms with E-state index >= 15 is 0 Å². The van der Waals surface area contributed by atoms with Gasteiger partial charge in [0.1, 0.15) is 5.69 Å². The van der Waals surface area contributed by atoms with Crippen molar-refractivity contribution in [1.82, 2.24) is 4.98 Å². The molecule has 0 atom stereocenters. The van der Waals surface area contributed by atoms with Gasteiger partial charge in [-0.1, -0.05) is 6.08 Å². The Morgan fingerprint density at radius 2 is 2.23 bits per heavy atom. The fourth-order valence-electron chi connectivity index (χ4n) is 3.18. The Bertz CT molecular complexity index is 751. The fraction of sp³-hybridized carbons (Fsp3) is 0.438. The highest BCUT2D eigenvalue weighted by molar-refractivity contribution is 7.17. The monoisotopic (exact) mass is 319 g/mol. The lowest BCUT2D eigenvalue weighted by atomic mass is 9.90. The molecule has 22 heavy (non-hydrogen) atoms. The van der Waals surface area contributed by atoms with Gasteiger partial charge in [-0.3, -0.25) is 0 Å². The van der Waals surface area contributed by atoms with Crippen LogP contribution in [0, 0.1) is 0 Å². The Hall–Kier alpha value is -1.63. The molecular weight excluding hydrogens is 302 g/mol. The van der Waals surface area contributed by atoms with Crippen molar-refractivity contribution in [3.63, 3.8) is 0 Å². The molecule has 0 bridgehead atoms. The number of carbonyl (C=O) groups is 1. The lowest BCUT2D eigenvalue weighted by Gasteiger charge is -2.30. The smallest absolute Gasteiger partial charge is 0.354 e. The van der Waals surface area contributed by atoms with Gasteiger partial charge < -0.3 is 19.2 Å². The molecule has 0 saturated carbocycles. The van der Waals surface area contributed by atoms with Crippen molar-refractivity contribution in [3.05, 3.63) is 28.8 Å². The summed E-state index contributed by atoms with van der Waals surface area (Å²) in [5.74, 6) is -0.732. The van der Waals surface area contributed by atoms with Crippen LogP contribution >= 0.6 is 11.3 Å². The van der Waals surface area contributed by atoms with Gasteiger partial charge in [0.15, 0.2) is 5.79 Å². The van der Waals surface area contributed by atoms with Crippen LogP contribution in [-0.2, 0) is 14.2 Å². The van der Waals surface area contributed by atoms with Gasteiger partial charge in [0.2, 0.25) is 0 Å². The summed E-state index contributed by atoms with van der Waals surface area (Å²) in [5, 5.41) is 2.14. The van der Waals surface area contributed by atoms with Gasteiger partial charge in [0.05, 0.1) is 30.5 Å². The highest BCUT2D eigenvalue weighted by atomic mass is 32.1. The predicted molar refractivity (Wildman–Crippen MR) is 84.0 cm³/mol. The average Bonchev–Trinajstić information content (AvgIpc) is 3.23. The van der Waals surface area contributed by atoms with Crippen molar-refractivity contribution < 1.29 is 19.0 Å². The molecule has 0 aromatic carbocycles. The zero-order valence-corrected chi connectivity index (χ0v) is 13.1. The second-order valence-electron chi connectivity index (χ2n) is 5.60. The number of thiophene rings is 1. The molecule has 4 rings (SSSR count). The quantitative estimate of drug-likeness (QED) is 0.863. The van der Waals surface area contributed by atoms with Crippen LogP contribution in [0.2, 0.25) is 0 Å². The van der Waals surface area contributed by atoms with Gasteiger partial charge in [-0.05, 0) is 18.1 Å². The number of aromatic amines is 1. The summed E-state index contributed by atoms with van der Waals surface area (Å²) < 4.78 is 17.3. The van der Waals surface area contributed by atoms with Crippen molar-refractivity contribution in [2.24, 2.45) is 0 Å². The number of nitrogens with one attached hydrogen (secondary N) is 1. The number of carbonyl (C=O) groups excluding carboxylic acids is 1. The largest absolute Gasteiger partial charge is 0.464 e. The molecule has 3 heterocycles. The Balaban J connectivity index is 1.65. The Morgan fingerprint density at radius 3 is 2.91 bits per heavy atom. The number of methoxy groups -OCH3 is 1. The maximum Gasteiger partial charge on any atom is 0.354 e. The minimum absolute atomic E-state index is 0.335. The maximum absolute atomic E-state index is 11.6. The summed E-state index contributed by atoms with van der Waals surface area (Å²) in [5.41, 5.74) is 3.97. The van der Waals surface area contributed by atoms with Gasteiger partial charge in [-0.15, -0.1) is 11.3 Å². The Morgan fingerprint density at radius 1 is 1.41 bits per heavy atom. The van der Waals surface area contributed by atoms with E-state index in [4.69, 9.17) is 14.2 Å². The third-order valence-corrected chi connectivity index (χ3v) is 5.28. The van der Waals surface area contributed by atoms with Gasteiger partial charge >= 0.3 is 5.97 Å². The third kappa shape index (κ3) is 2.18. The van der Waals surface area contributed by atoms with Crippen LogP contribution < -0.4 is 0 Å². The number of ether oxygens (including phenoxy) is 3. The molecule has 0 radical (unpaired) electrons. The second kappa shape index (κ2) is 5.22. The number of esters is 1. The molecule has 2 aromatic rings. The van der Waals surface area contributed by atoms with Crippen molar-refractivity contribution in [2.75, 3.05) is 20.3 Å². The average molecular weight is 319 g/mol. The van der Waals surface area contributed by atoms with Gasteiger partial charge in [0, 0.05) is 23.8 Å². The minimum atomic E-state index is -0.397. The zero-order chi connectivity index (χ0) is 15.2. The van der Waals surface area contributed by atoms with Gasteiger partial charge in [0.25, 0.3) is 0 Å². The first-order valence-corrected chi connectivity index (χ1v) is 8.25. The number of rotatable bonds is 2. The van der Waals surface area contributed by atoms with Crippen LogP contribution in [0.4, 0.5) is 0 Å². The van der Waals surface area contributed by atoms with Crippen molar-refractivity contribution in [1.29, 1.82) is 0 Å². The molecule has 1 spiro atoms. The molecule has 1 aliphatic carbocycles. The normalized spacial score (nSPS) is 20.5. The molecule has 1 N–H and O–H groups in total. The first kappa shape index (κ1) is 14.0. The molecule has 6 heteroatoms. The van der Waals surface area contributed by atoms with Crippen molar-refractivity contribution >= 4 is 33.1 Å². The summed E-state index contributed by atoms with van der Waals surface area (Å²) in [6, 6.07) is 1.85. The van der Waals surface area contributed by atoms with Crippen molar-refractivity contribution in [2.45, 2.75) is 25.0 Å². The van der Waals surface area contributed by atoms with Crippen molar-refractivity contribution in [3.8, 4) is 0 Å². The van der Waals surface area contributed by atoms with Crippen LogP contribution in [0.5, 0.6) is 0 Å². The van der Waals surface area contributed by atoms with E-state index < -0.39 is 5.79 Å². The summed E-state index contributed by atoms with van der Waals surface area (Å²) in [7, 11) is 1.39.